The summed E-state index contributed by atoms with van der Waals surface area (Å²) in [6.45, 7) is 9.74. The monoisotopic (exact) mass is 347 g/mol. The number of nitrogens with one attached hydrogen (secondary N) is 2. The molecular weight excluding hydrogens is 322 g/mol. The van der Waals surface area contributed by atoms with Gasteiger partial charge in [-0.1, -0.05) is 0 Å². The van der Waals surface area contributed by atoms with E-state index in [-0.39, 0.29) is 0 Å². The summed E-state index contributed by atoms with van der Waals surface area (Å²) in [6.07, 6.45) is 3.72. The molecule has 0 spiro atoms. The summed E-state index contributed by atoms with van der Waals surface area (Å²) in [5.74, 6) is 2.46. The first-order chi connectivity index (χ1) is 11.7. The summed E-state index contributed by atoms with van der Waals surface area (Å²) in [7, 11) is 0. The molecule has 0 radical (unpaired) electrons. The molecule has 3 rings (SSSR count). The van der Waals surface area contributed by atoms with Crippen LogP contribution >= 0.6 is 11.3 Å². The SMILES string of the molecule is CCNC(=NCc1nc(C)c(C)s1)N1CCC(c2ncn[nH]2)CC1. The summed E-state index contributed by atoms with van der Waals surface area (Å²) in [5.41, 5.74) is 1.11. The van der Waals surface area contributed by atoms with Gasteiger partial charge in [0.2, 0.25) is 0 Å². The molecule has 1 aliphatic rings. The van der Waals surface area contributed by atoms with E-state index in [1.165, 1.54) is 4.88 Å². The van der Waals surface area contributed by atoms with Crippen molar-refractivity contribution >= 4 is 17.3 Å². The van der Waals surface area contributed by atoms with Crippen LogP contribution in [0.25, 0.3) is 0 Å². The number of nitrogens with zero attached hydrogens (tertiary/aromatic N) is 5. The van der Waals surface area contributed by atoms with Crippen molar-refractivity contribution < 1.29 is 0 Å². The number of piperidine rings is 1. The lowest BCUT2D eigenvalue weighted by Crippen LogP contribution is -2.45. The molecule has 1 saturated heterocycles. The highest BCUT2D eigenvalue weighted by Gasteiger charge is 2.24. The van der Waals surface area contributed by atoms with Crippen LogP contribution < -0.4 is 5.32 Å². The van der Waals surface area contributed by atoms with E-state index in [2.05, 4.69) is 51.2 Å². The van der Waals surface area contributed by atoms with E-state index in [9.17, 15) is 0 Å². The first kappa shape index (κ1) is 16.9. The van der Waals surface area contributed by atoms with Gasteiger partial charge in [-0.05, 0) is 33.6 Å². The normalized spacial score (nSPS) is 16.6. The lowest BCUT2D eigenvalue weighted by Gasteiger charge is -2.33. The van der Waals surface area contributed by atoms with Crippen LogP contribution in [0.5, 0.6) is 0 Å². The van der Waals surface area contributed by atoms with Gasteiger partial charge in [0.15, 0.2) is 5.96 Å². The third kappa shape index (κ3) is 3.92. The zero-order valence-electron chi connectivity index (χ0n) is 14.5. The number of likely N-dealkylation sites (tertiary alicyclic amines) is 1. The van der Waals surface area contributed by atoms with Gasteiger partial charge in [0.1, 0.15) is 17.2 Å². The Hall–Kier alpha value is -1.96. The number of aromatic nitrogens is 4. The summed E-state index contributed by atoms with van der Waals surface area (Å²) in [5, 5.41) is 11.5. The Balaban J connectivity index is 1.62. The van der Waals surface area contributed by atoms with Crippen molar-refractivity contribution in [3.05, 3.63) is 27.7 Å². The molecule has 1 fully saturated rings. The van der Waals surface area contributed by atoms with Crippen molar-refractivity contribution in [1.82, 2.24) is 30.4 Å². The lowest BCUT2D eigenvalue weighted by molar-refractivity contribution is 0.299. The summed E-state index contributed by atoms with van der Waals surface area (Å²) >= 11 is 1.74. The lowest BCUT2D eigenvalue weighted by atomic mass is 9.96. The van der Waals surface area contributed by atoms with Gasteiger partial charge in [-0.25, -0.2) is 15.0 Å². The van der Waals surface area contributed by atoms with Crippen molar-refractivity contribution in [3.8, 4) is 0 Å². The molecule has 7 nitrogen and oxygen atoms in total. The molecule has 24 heavy (non-hydrogen) atoms. The van der Waals surface area contributed by atoms with Gasteiger partial charge in [-0.2, -0.15) is 5.10 Å². The fourth-order valence-corrected chi connectivity index (χ4v) is 3.81. The van der Waals surface area contributed by atoms with Gasteiger partial charge in [0.25, 0.3) is 0 Å². The third-order valence-electron chi connectivity index (χ3n) is 4.39. The highest BCUT2D eigenvalue weighted by atomic mass is 32.1. The zero-order chi connectivity index (χ0) is 16.9. The summed E-state index contributed by atoms with van der Waals surface area (Å²) in [6, 6.07) is 0. The number of aromatic amines is 1. The molecule has 2 aromatic heterocycles. The van der Waals surface area contributed by atoms with E-state index >= 15 is 0 Å². The molecule has 3 heterocycles. The number of rotatable bonds is 4. The molecular formula is C16H25N7S. The van der Waals surface area contributed by atoms with E-state index in [0.29, 0.717) is 12.5 Å². The Morgan fingerprint density at radius 1 is 1.42 bits per heavy atom. The van der Waals surface area contributed by atoms with Crippen molar-refractivity contribution in [2.75, 3.05) is 19.6 Å². The summed E-state index contributed by atoms with van der Waals surface area (Å²) < 4.78 is 0. The van der Waals surface area contributed by atoms with E-state index in [1.807, 2.05) is 0 Å². The van der Waals surface area contributed by atoms with Crippen molar-refractivity contribution in [1.29, 1.82) is 0 Å². The van der Waals surface area contributed by atoms with Gasteiger partial charge in [0.05, 0.1) is 12.2 Å². The Morgan fingerprint density at radius 2 is 2.21 bits per heavy atom. The minimum absolute atomic E-state index is 0.468. The maximum absolute atomic E-state index is 4.79. The highest BCUT2D eigenvalue weighted by molar-refractivity contribution is 7.11. The van der Waals surface area contributed by atoms with Gasteiger partial charge < -0.3 is 10.2 Å². The Kier molecular flexibility index (Phi) is 5.44. The fourth-order valence-electron chi connectivity index (χ4n) is 2.95. The number of guanidine groups is 1. The standard InChI is InChI=1S/C16H25N7S/c1-4-17-16(18-9-14-21-11(2)12(3)24-14)23-7-5-13(6-8-23)15-19-10-20-22-15/h10,13H,4-9H2,1-3H3,(H,17,18)(H,19,20,22). The predicted molar refractivity (Wildman–Crippen MR) is 96.3 cm³/mol. The quantitative estimate of drug-likeness (QED) is 0.655. The maximum Gasteiger partial charge on any atom is 0.194 e. The van der Waals surface area contributed by atoms with E-state index in [0.717, 1.165) is 55.0 Å². The Morgan fingerprint density at radius 3 is 2.79 bits per heavy atom. The molecule has 8 heteroatoms. The van der Waals surface area contributed by atoms with Crippen LogP contribution in [0.15, 0.2) is 11.3 Å². The number of aryl methyl sites for hydroxylation is 2. The zero-order valence-corrected chi connectivity index (χ0v) is 15.4. The van der Waals surface area contributed by atoms with E-state index in [4.69, 9.17) is 4.99 Å². The van der Waals surface area contributed by atoms with Gasteiger partial charge in [0, 0.05) is 30.4 Å². The van der Waals surface area contributed by atoms with Gasteiger partial charge in [-0.3, -0.25) is 5.10 Å². The number of thiazole rings is 1. The van der Waals surface area contributed by atoms with Crippen LogP contribution in [0.4, 0.5) is 0 Å². The molecule has 0 amide bonds. The van der Waals surface area contributed by atoms with Crippen LogP contribution in [-0.2, 0) is 6.54 Å². The van der Waals surface area contributed by atoms with Gasteiger partial charge >= 0.3 is 0 Å². The fraction of sp³-hybridized carbons (Fsp3) is 0.625. The number of hydrogen-bond donors (Lipinski definition) is 2. The molecule has 2 aromatic rings. The molecule has 2 N–H and O–H groups in total. The largest absolute Gasteiger partial charge is 0.357 e. The number of hydrogen-bond acceptors (Lipinski definition) is 5. The number of H-pyrrole nitrogens is 1. The second-order valence-corrected chi connectivity index (χ2v) is 7.34. The number of aliphatic imine (C=N–C) groups is 1. The van der Waals surface area contributed by atoms with Crippen molar-refractivity contribution in [3.63, 3.8) is 0 Å². The molecule has 1 aliphatic heterocycles. The van der Waals surface area contributed by atoms with Gasteiger partial charge in [-0.15, -0.1) is 11.3 Å². The average molecular weight is 347 g/mol. The second kappa shape index (κ2) is 7.74. The van der Waals surface area contributed by atoms with Crippen LogP contribution in [0.2, 0.25) is 0 Å². The molecule has 0 unspecified atom stereocenters. The molecule has 0 bridgehead atoms. The third-order valence-corrected chi connectivity index (χ3v) is 5.44. The molecule has 0 saturated carbocycles. The molecule has 0 aromatic carbocycles. The highest BCUT2D eigenvalue weighted by Crippen LogP contribution is 2.25. The average Bonchev–Trinajstić information content (AvgIpc) is 3.22. The molecule has 0 aliphatic carbocycles. The smallest absolute Gasteiger partial charge is 0.194 e. The second-order valence-electron chi connectivity index (χ2n) is 6.05. The Bertz CT molecular complexity index is 649. The minimum atomic E-state index is 0.468. The van der Waals surface area contributed by atoms with E-state index < -0.39 is 0 Å². The maximum atomic E-state index is 4.79. The Labute approximate surface area is 146 Å². The van der Waals surface area contributed by atoms with Crippen molar-refractivity contribution in [2.24, 2.45) is 4.99 Å². The topological polar surface area (TPSA) is 82.1 Å². The summed E-state index contributed by atoms with van der Waals surface area (Å²) in [4.78, 5) is 17.3. The van der Waals surface area contributed by atoms with E-state index in [1.54, 1.807) is 17.7 Å². The molecule has 0 atom stereocenters. The first-order valence-corrected chi connectivity index (χ1v) is 9.30. The van der Waals surface area contributed by atoms with Crippen molar-refractivity contribution in [2.45, 2.75) is 46.1 Å². The van der Waals surface area contributed by atoms with Crippen LogP contribution in [0, 0.1) is 13.8 Å². The minimum Gasteiger partial charge on any atom is -0.357 e. The van der Waals surface area contributed by atoms with Crippen LogP contribution in [0.3, 0.4) is 0 Å². The first-order valence-electron chi connectivity index (χ1n) is 8.48. The predicted octanol–water partition coefficient (Wildman–Crippen LogP) is 2.22. The van der Waals surface area contributed by atoms with Crippen LogP contribution in [0.1, 0.15) is 47.1 Å². The van der Waals surface area contributed by atoms with Crippen LogP contribution in [-0.4, -0.2) is 50.7 Å². The molecule has 130 valence electrons.